The molecule has 1 atom stereocenters. The number of benzene rings is 1. The van der Waals surface area contributed by atoms with Crippen LogP contribution >= 0.6 is 0 Å². The van der Waals surface area contributed by atoms with Crippen LogP contribution in [-0.2, 0) is 11.2 Å². The Bertz CT molecular complexity index is 486. The van der Waals surface area contributed by atoms with Gasteiger partial charge < -0.3 is 10.4 Å². The summed E-state index contributed by atoms with van der Waals surface area (Å²) in [6.45, 7) is 9.06. The van der Waals surface area contributed by atoms with E-state index in [2.05, 4.69) is 33.0 Å². The van der Waals surface area contributed by atoms with Gasteiger partial charge in [-0.2, -0.15) is 0 Å². The van der Waals surface area contributed by atoms with Crippen LogP contribution in [0.4, 0.5) is 0 Å². The molecule has 0 radical (unpaired) electrons. The van der Waals surface area contributed by atoms with Crippen LogP contribution in [-0.4, -0.2) is 23.5 Å². The van der Waals surface area contributed by atoms with E-state index in [1.165, 1.54) is 0 Å². The van der Waals surface area contributed by atoms with Gasteiger partial charge in [0.25, 0.3) is 0 Å². The summed E-state index contributed by atoms with van der Waals surface area (Å²) in [6, 6.07) is 6.74. The number of carboxylic acid groups (broad SMARTS) is 1. The van der Waals surface area contributed by atoms with Crippen molar-refractivity contribution in [3.05, 3.63) is 35.4 Å². The van der Waals surface area contributed by atoms with Crippen molar-refractivity contribution in [1.82, 2.24) is 5.32 Å². The molecule has 0 aliphatic heterocycles. The van der Waals surface area contributed by atoms with Crippen molar-refractivity contribution < 1.29 is 14.7 Å². The molecule has 1 rings (SSSR count). The number of carbonyl (C=O) groups excluding carboxylic acids is 1. The van der Waals surface area contributed by atoms with Crippen LogP contribution in [0.3, 0.4) is 0 Å². The third kappa shape index (κ3) is 5.98. The highest BCUT2D eigenvalue weighted by molar-refractivity contribution is 5.87. The Morgan fingerprint density at radius 2 is 1.76 bits per heavy atom. The maximum Gasteiger partial charge on any atom is 0.335 e. The van der Waals surface area contributed by atoms with Crippen molar-refractivity contribution in [2.75, 3.05) is 6.54 Å². The van der Waals surface area contributed by atoms with E-state index < -0.39 is 5.97 Å². The Labute approximate surface area is 126 Å². The molecule has 0 fully saturated rings. The molecular weight excluding hydrogens is 266 g/mol. The summed E-state index contributed by atoms with van der Waals surface area (Å²) in [6.07, 6.45) is 1.23. The summed E-state index contributed by atoms with van der Waals surface area (Å²) in [5.41, 5.74) is 1.43. The molecule has 0 bridgehead atoms. The first-order valence-corrected chi connectivity index (χ1v) is 7.29. The van der Waals surface area contributed by atoms with Gasteiger partial charge in [0.1, 0.15) is 0 Å². The van der Waals surface area contributed by atoms with Gasteiger partial charge in [-0.15, -0.1) is 0 Å². The molecule has 2 N–H and O–H groups in total. The van der Waals surface area contributed by atoms with Gasteiger partial charge in [0.15, 0.2) is 0 Å². The van der Waals surface area contributed by atoms with Crippen molar-refractivity contribution in [1.29, 1.82) is 0 Å². The van der Waals surface area contributed by atoms with Crippen molar-refractivity contribution >= 4 is 11.9 Å². The highest BCUT2D eigenvalue weighted by atomic mass is 16.4. The molecule has 4 nitrogen and oxygen atoms in total. The topological polar surface area (TPSA) is 66.4 Å². The number of amides is 1. The van der Waals surface area contributed by atoms with E-state index in [0.717, 1.165) is 5.56 Å². The second-order valence-electron chi connectivity index (χ2n) is 6.57. The summed E-state index contributed by atoms with van der Waals surface area (Å²) >= 11 is 0. The molecule has 1 aromatic rings. The van der Waals surface area contributed by atoms with Crippen molar-refractivity contribution in [3.8, 4) is 0 Å². The fraction of sp³-hybridized carbons (Fsp3) is 0.529. The fourth-order valence-electron chi connectivity index (χ4n) is 1.82. The predicted molar refractivity (Wildman–Crippen MR) is 83.4 cm³/mol. The lowest BCUT2D eigenvalue weighted by atomic mass is 9.80. The predicted octanol–water partition coefficient (Wildman–Crippen LogP) is 3.12. The smallest absolute Gasteiger partial charge is 0.335 e. The van der Waals surface area contributed by atoms with Crippen LogP contribution in [0, 0.1) is 11.3 Å². The van der Waals surface area contributed by atoms with E-state index >= 15 is 0 Å². The SMILES string of the molecule is CC(CC(=O)NCCc1ccc(C(=O)O)cc1)C(C)(C)C. The van der Waals surface area contributed by atoms with Gasteiger partial charge >= 0.3 is 5.97 Å². The van der Waals surface area contributed by atoms with Gasteiger partial charge in [-0.3, -0.25) is 4.79 Å². The zero-order valence-corrected chi connectivity index (χ0v) is 13.3. The van der Waals surface area contributed by atoms with E-state index in [1.54, 1.807) is 24.3 Å². The largest absolute Gasteiger partial charge is 0.478 e. The Balaban J connectivity index is 2.36. The molecule has 1 aromatic carbocycles. The number of carboxylic acids is 1. The zero-order chi connectivity index (χ0) is 16.0. The maximum atomic E-state index is 11.8. The maximum absolute atomic E-state index is 11.8. The average Bonchev–Trinajstić information content (AvgIpc) is 2.38. The molecule has 21 heavy (non-hydrogen) atoms. The van der Waals surface area contributed by atoms with Gasteiger partial charge in [-0.1, -0.05) is 39.8 Å². The molecule has 0 aromatic heterocycles. The van der Waals surface area contributed by atoms with Crippen molar-refractivity contribution in [2.24, 2.45) is 11.3 Å². The molecule has 0 saturated carbocycles. The minimum atomic E-state index is -0.925. The highest BCUT2D eigenvalue weighted by Gasteiger charge is 2.22. The van der Waals surface area contributed by atoms with Gasteiger partial charge in [0, 0.05) is 13.0 Å². The van der Waals surface area contributed by atoms with Gasteiger partial charge in [-0.05, 0) is 35.4 Å². The Morgan fingerprint density at radius 3 is 2.24 bits per heavy atom. The Hall–Kier alpha value is -1.84. The van der Waals surface area contributed by atoms with E-state index in [9.17, 15) is 9.59 Å². The monoisotopic (exact) mass is 291 g/mol. The summed E-state index contributed by atoms with van der Waals surface area (Å²) in [5.74, 6) is -0.530. The molecule has 0 heterocycles. The number of hydrogen-bond donors (Lipinski definition) is 2. The first-order chi connectivity index (χ1) is 9.70. The van der Waals surface area contributed by atoms with Crippen LogP contribution in [0.15, 0.2) is 24.3 Å². The summed E-state index contributed by atoms with van der Waals surface area (Å²) in [4.78, 5) is 22.6. The van der Waals surface area contributed by atoms with Crippen LogP contribution in [0.2, 0.25) is 0 Å². The number of carbonyl (C=O) groups is 2. The Kier molecular flexibility index (Phi) is 5.94. The van der Waals surface area contributed by atoms with E-state index in [4.69, 9.17) is 5.11 Å². The second kappa shape index (κ2) is 7.25. The summed E-state index contributed by atoms with van der Waals surface area (Å²) < 4.78 is 0. The third-order valence-corrected chi connectivity index (χ3v) is 3.91. The molecule has 0 saturated heterocycles. The standard InChI is InChI=1S/C17H25NO3/c1-12(17(2,3)4)11-15(19)18-10-9-13-5-7-14(8-6-13)16(20)21/h5-8,12H,9-11H2,1-4H3,(H,18,19)(H,20,21). The van der Waals surface area contributed by atoms with Crippen LogP contribution in [0.25, 0.3) is 0 Å². The number of rotatable bonds is 6. The lowest BCUT2D eigenvalue weighted by Gasteiger charge is -2.26. The molecule has 0 aliphatic carbocycles. The van der Waals surface area contributed by atoms with E-state index in [0.29, 0.717) is 25.3 Å². The number of aromatic carboxylic acids is 1. The summed E-state index contributed by atoms with van der Waals surface area (Å²) in [7, 11) is 0. The fourth-order valence-corrected chi connectivity index (χ4v) is 1.82. The van der Waals surface area contributed by atoms with Gasteiger partial charge in [-0.25, -0.2) is 4.79 Å². The van der Waals surface area contributed by atoms with E-state index in [1.807, 2.05) is 0 Å². The van der Waals surface area contributed by atoms with Gasteiger partial charge in [0.05, 0.1) is 5.56 Å². The second-order valence-corrected chi connectivity index (χ2v) is 6.57. The van der Waals surface area contributed by atoms with Gasteiger partial charge in [0.2, 0.25) is 5.91 Å². The lowest BCUT2D eigenvalue weighted by Crippen LogP contribution is -2.30. The number of nitrogens with one attached hydrogen (secondary N) is 1. The molecule has 4 heteroatoms. The minimum absolute atomic E-state index is 0.0691. The van der Waals surface area contributed by atoms with Crippen molar-refractivity contribution in [2.45, 2.75) is 40.5 Å². The average molecular weight is 291 g/mol. The van der Waals surface area contributed by atoms with E-state index in [-0.39, 0.29) is 16.9 Å². The molecule has 1 amide bonds. The first kappa shape index (κ1) is 17.2. The highest BCUT2D eigenvalue weighted by Crippen LogP contribution is 2.27. The quantitative estimate of drug-likeness (QED) is 0.846. The minimum Gasteiger partial charge on any atom is -0.478 e. The molecule has 0 spiro atoms. The lowest BCUT2D eigenvalue weighted by molar-refractivity contribution is -0.122. The zero-order valence-electron chi connectivity index (χ0n) is 13.3. The molecule has 1 unspecified atom stereocenters. The van der Waals surface area contributed by atoms with Crippen LogP contribution in [0.1, 0.15) is 50.0 Å². The number of hydrogen-bond acceptors (Lipinski definition) is 2. The molecule has 116 valence electrons. The molecular formula is C17H25NO3. The van der Waals surface area contributed by atoms with Crippen LogP contribution in [0.5, 0.6) is 0 Å². The summed E-state index contributed by atoms with van der Waals surface area (Å²) in [5, 5.41) is 11.7. The molecule has 0 aliphatic rings. The third-order valence-electron chi connectivity index (χ3n) is 3.91. The Morgan fingerprint density at radius 1 is 1.19 bits per heavy atom. The van der Waals surface area contributed by atoms with Crippen molar-refractivity contribution in [3.63, 3.8) is 0 Å². The van der Waals surface area contributed by atoms with Crippen LogP contribution < -0.4 is 5.32 Å². The normalized spacial score (nSPS) is 12.8. The first-order valence-electron chi connectivity index (χ1n) is 7.29.